The Bertz CT molecular complexity index is 668. The summed E-state index contributed by atoms with van der Waals surface area (Å²) in [6.07, 6.45) is 3.08. The lowest BCUT2D eigenvalue weighted by molar-refractivity contribution is -0.136. The summed E-state index contributed by atoms with van der Waals surface area (Å²) in [5.41, 5.74) is 0. The largest absolute Gasteiger partial charge is 0.343 e. The fourth-order valence-electron chi connectivity index (χ4n) is 3.13. The minimum atomic E-state index is -3.63. The third kappa shape index (κ3) is 4.79. The lowest BCUT2D eigenvalue weighted by atomic mass is 9.96. The van der Waals surface area contributed by atoms with Crippen molar-refractivity contribution in [1.82, 2.24) is 9.21 Å². The Labute approximate surface area is 149 Å². The Morgan fingerprint density at radius 1 is 1.20 bits per heavy atom. The van der Waals surface area contributed by atoms with Crippen LogP contribution < -0.4 is 0 Å². The number of hydrogen-bond acceptors (Lipinski definition) is 3. The summed E-state index contributed by atoms with van der Waals surface area (Å²) in [6, 6.07) is 4.86. The lowest BCUT2D eigenvalue weighted by Crippen LogP contribution is -2.44. The molecule has 1 fully saturated rings. The zero-order chi connectivity index (χ0) is 18.4. The lowest BCUT2D eigenvalue weighted by Gasteiger charge is -2.33. The summed E-state index contributed by atoms with van der Waals surface area (Å²) in [5.74, 6) is -0.443. The number of rotatable bonds is 7. The van der Waals surface area contributed by atoms with Gasteiger partial charge in [0.15, 0.2) is 0 Å². The molecular formula is C18H27FN2O3S. The molecule has 0 atom stereocenters. The molecule has 1 aromatic carbocycles. The number of nitrogens with zero attached hydrogens (tertiary/aromatic N) is 2. The number of carbonyl (C=O) groups is 1. The van der Waals surface area contributed by atoms with Crippen LogP contribution in [0.1, 0.15) is 39.5 Å². The molecule has 5 nitrogen and oxygen atoms in total. The molecule has 140 valence electrons. The molecule has 0 saturated carbocycles. The molecule has 1 aromatic rings. The molecule has 1 heterocycles. The number of carbonyl (C=O) groups excluding carboxylic acids is 1. The summed E-state index contributed by atoms with van der Waals surface area (Å²) in [4.78, 5) is 14.6. The first kappa shape index (κ1) is 19.8. The third-order valence-electron chi connectivity index (χ3n) is 4.73. The van der Waals surface area contributed by atoms with Gasteiger partial charge in [0.25, 0.3) is 0 Å². The van der Waals surface area contributed by atoms with Gasteiger partial charge in [-0.2, -0.15) is 4.31 Å². The van der Waals surface area contributed by atoms with Crippen LogP contribution in [0.4, 0.5) is 4.39 Å². The van der Waals surface area contributed by atoms with Crippen LogP contribution in [-0.4, -0.2) is 49.7 Å². The van der Waals surface area contributed by atoms with E-state index in [1.54, 1.807) is 0 Å². The number of amides is 1. The van der Waals surface area contributed by atoms with Crippen molar-refractivity contribution in [2.24, 2.45) is 5.92 Å². The van der Waals surface area contributed by atoms with Crippen molar-refractivity contribution in [1.29, 1.82) is 0 Å². The smallest absolute Gasteiger partial charge is 0.243 e. The monoisotopic (exact) mass is 370 g/mol. The minimum absolute atomic E-state index is 0.0943. The number of unbranched alkanes of at least 4 members (excludes halogenated alkanes) is 1. The quantitative estimate of drug-likeness (QED) is 0.742. The molecule has 0 N–H and O–H groups in total. The van der Waals surface area contributed by atoms with Crippen LogP contribution in [-0.2, 0) is 14.8 Å². The van der Waals surface area contributed by atoms with Crippen molar-refractivity contribution in [3.05, 3.63) is 30.1 Å². The minimum Gasteiger partial charge on any atom is -0.343 e. The summed E-state index contributed by atoms with van der Waals surface area (Å²) in [6.45, 7) is 6.16. The van der Waals surface area contributed by atoms with E-state index in [0.717, 1.165) is 31.5 Å². The highest BCUT2D eigenvalue weighted by Crippen LogP contribution is 2.25. The molecule has 0 spiro atoms. The number of benzene rings is 1. The topological polar surface area (TPSA) is 57.7 Å². The second-order valence-corrected chi connectivity index (χ2v) is 8.34. The van der Waals surface area contributed by atoms with E-state index in [4.69, 9.17) is 0 Å². The van der Waals surface area contributed by atoms with Crippen LogP contribution in [0.5, 0.6) is 0 Å². The standard InChI is InChI=1S/C18H27FN2O3S/c1-3-5-12-20(4-2)18(22)15-10-13-21(14-11-15)25(23,24)17-8-6-16(19)7-9-17/h6-9,15H,3-5,10-14H2,1-2H3. The maximum absolute atomic E-state index is 13.0. The van der Waals surface area contributed by atoms with E-state index < -0.39 is 15.8 Å². The summed E-state index contributed by atoms with van der Waals surface area (Å²) >= 11 is 0. The van der Waals surface area contributed by atoms with E-state index in [-0.39, 0.29) is 16.7 Å². The van der Waals surface area contributed by atoms with Crippen LogP contribution in [0, 0.1) is 11.7 Å². The van der Waals surface area contributed by atoms with E-state index in [0.29, 0.717) is 32.5 Å². The van der Waals surface area contributed by atoms with Crippen molar-refractivity contribution in [2.45, 2.75) is 44.4 Å². The zero-order valence-electron chi connectivity index (χ0n) is 14.9. The van der Waals surface area contributed by atoms with Crippen LogP contribution in [0.2, 0.25) is 0 Å². The maximum atomic E-state index is 13.0. The second-order valence-electron chi connectivity index (χ2n) is 6.40. The van der Waals surface area contributed by atoms with Gasteiger partial charge in [-0.05, 0) is 50.5 Å². The normalized spacial score (nSPS) is 16.8. The molecule has 25 heavy (non-hydrogen) atoms. The SMILES string of the molecule is CCCCN(CC)C(=O)C1CCN(S(=O)(=O)c2ccc(F)cc2)CC1. The van der Waals surface area contributed by atoms with Gasteiger partial charge in [-0.25, -0.2) is 12.8 Å². The van der Waals surface area contributed by atoms with Gasteiger partial charge in [0.1, 0.15) is 5.82 Å². The average Bonchev–Trinajstić information content (AvgIpc) is 2.62. The van der Waals surface area contributed by atoms with Crippen molar-refractivity contribution in [3.63, 3.8) is 0 Å². The van der Waals surface area contributed by atoms with Crippen molar-refractivity contribution in [2.75, 3.05) is 26.2 Å². The summed E-state index contributed by atoms with van der Waals surface area (Å²) in [5, 5.41) is 0. The fourth-order valence-corrected chi connectivity index (χ4v) is 4.60. The van der Waals surface area contributed by atoms with Gasteiger partial charge < -0.3 is 4.90 Å². The predicted octanol–water partition coefficient (Wildman–Crippen LogP) is 2.88. The van der Waals surface area contributed by atoms with Crippen molar-refractivity contribution in [3.8, 4) is 0 Å². The van der Waals surface area contributed by atoms with Gasteiger partial charge in [-0.3, -0.25) is 4.79 Å². The van der Waals surface area contributed by atoms with Crippen LogP contribution in [0.25, 0.3) is 0 Å². The number of halogens is 1. The summed E-state index contributed by atoms with van der Waals surface area (Å²) in [7, 11) is -3.63. The van der Waals surface area contributed by atoms with Crippen LogP contribution in [0.15, 0.2) is 29.2 Å². The van der Waals surface area contributed by atoms with Gasteiger partial charge in [-0.1, -0.05) is 13.3 Å². The second kappa shape index (κ2) is 8.76. The molecule has 1 saturated heterocycles. The Kier molecular flexibility index (Phi) is 6.95. The highest BCUT2D eigenvalue weighted by atomic mass is 32.2. The molecule has 1 aliphatic rings. The molecule has 0 aromatic heterocycles. The van der Waals surface area contributed by atoms with E-state index in [1.807, 2.05) is 11.8 Å². The van der Waals surface area contributed by atoms with Gasteiger partial charge in [0.05, 0.1) is 4.90 Å². The van der Waals surface area contributed by atoms with E-state index >= 15 is 0 Å². The van der Waals surface area contributed by atoms with Gasteiger partial charge in [-0.15, -0.1) is 0 Å². The van der Waals surface area contributed by atoms with Crippen LogP contribution in [0.3, 0.4) is 0 Å². The Morgan fingerprint density at radius 3 is 2.32 bits per heavy atom. The molecule has 1 aliphatic heterocycles. The molecule has 0 unspecified atom stereocenters. The van der Waals surface area contributed by atoms with E-state index in [9.17, 15) is 17.6 Å². The Morgan fingerprint density at radius 2 is 1.80 bits per heavy atom. The molecule has 1 amide bonds. The molecular weight excluding hydrogens is 343 g/mol. The number of hydrogen-bond donors (Lipinski definition) is 0. The predicted molar refractivity (Wildman–Crippen MR) is 95.0 cm³/mol. The highest BCUT2D eigenvalue weighted by molar-refractivity contribution is 7.89. The van der Waals surface area contributed by atoms with Gasteiger partial charge >= 0.3 is 0 Å². The van der Waals surface area contributed by atoms with E-state index in [2.05, 4.69) is 6.92 Å². The first-order valence-corrected chi connectivity index (χ1v) is 10.4. The Hall–Kier alpha value is -1.47. The molecule has 0 radical (unpaired) electrons. The number of sulfonamides is 1. The highest BCUT2D eigenvalue weighted by Gasteiger charge is 2.33. The van der Waals surface area contributed by atoms with Crippen molar-refractivity contribution < 1.29 is 17.6 Å². The molecule has 0 aliphatic carbocycles. The molecule has 2 rings (SSSR count). The average molecular weight is 370 g/mol. The Balaban J connectivity index is 1.98. The molecule has 7 heteroatoms. The van der Waals surface area contributed by atoms with Crippen molar-refractivity contribution >= 4 is 15.9 Å². The first-order valence-electron chi connectivity index (χ1n) is 8.94. The number of piperidine rings is 1. The third-order valence-corrected chi connectivity index (χ3v) is 6.64. The molecule has 0 bridgehead atoms. The first-order chi connectivity index (χ1) is 11.9. The summed E-state index contributed by atoms with van der Waals surface area (Å²) < 4.78 is 39.6. The van der Waals surface area contributed by atoms with Gasteiger partial charge in [0, 0.05) is 32.1 Å². The zero-order valence-corrected chi connectivity index (χ0v) is 15.8. The van der Waals surface area contributed by atoms with Gasteiger partial charge in [0.2, 0.25) is 15.9 Å². The van der Waals surface area contributed by atoms with E-state index in [1.165, 1.54) is 16.4 Å². The van der Waals surface area contributed by atoms with Crippen LogP contribution >= 0.6 is 0 Å². The maximum Gasteiger partial charge on any atom is 0.243 e. The fraction of sp³-hybridized carbons (Fsp3) is 0.611.